The van der Waals surface area contributed by atoms with Gasteiger partial charge in [-0.2, -0.15) is 0 Å². The molecular weight excluding hydrogens is 303 g/mol. The van der Waals surface area contributed by atoms with Crippen molar-refractivity contribution in [2.24, 2.45) is 0 Å². The van der Waals surface area contributed by atoms with Crippen LogP contribution < -0.4 is 5.32 Å². The highest BCUT2D eigenvalue weighted by Crippen LogP contribution is 2.22. The molecule has 5 heteroatoms. The van der Waals surface area contributed by atoms with Gasteiger partial charge in [0.15, 0.2) is 0 Å². The van der Waals surface area contributed by atoms with E-state index in [9.17, 15) is 9.18 Å². The van der Waals surface area contributed by atoms with Crippen LogP contribution in [-0.2, 0) is 0 Å². The minimum atomic E-state index is -0.383. The molecule has 0 bridgehead atoms. The van der Waals surface area contributed by atoms with E-state index >= 15 is 0 Å². The smallest absolute Gasteiger partial charge is 0.256 e. The topological polar surface area (TPSA) is 42.0 Å². The van der Waals surface area contributed by atoms with Gasteiger partial charge in [0.2, 0.25) is 0 Å². The van der Waals surface area contributed by atoms with Crippen LogP contribution in [0.25, 0.3) is 10.9 Å². The molecule has 3 rings (SSSR count). The molecule has 110 valence electrons. The number of anilines is 1. The number of aryl methyl sites for hydroxylation is 1. The molecule has 2 aromatic carbocycles. The normalized spacial score (nSPS) is 10.7. The van der Waals surface area contributed by atoms with E-state index in [-0.39, 0.29) is 11.7 Å². The van der Waals surface area contributed by atoms with Crippen LogP contribution in [-0.4, -0.2) is 10.9 Å². The molecule has 0 aliphatic heterocycles. The molecule has 0 saturated heterocycles. The van der Waals surface area contributed by atoms with Crippen molar-refractivity contribution >= 4 is 34.1 Å². The van der Waals surface area contributed by atoms with Gasteiger partial charge in [-0.3, -0.25) is 9.78 Å². The second kappa shape index (κ2) is 5.73. The molecule has 0 unspecified atom stereocenters. The highest BCUT2D eigenvalue weighted by Gasteiger charge is 2.13. The highest BCUT2D eigenvalue weighted by atomic mass is 35.5. The number of rotatable bonds is 2. The maximum Gasteiger partial charge on any atom is 0.256 e. The molecule has 1 heterocycles. The van der Waals surface area contributed by atoms with Crippen molar-refractivity contribution in [1.82, 2.24) is 4.98 Å². The molecule has 0 aliphatic rings. The van der Waals surface area contributed by atoms with E-state index in [1.165, 1.54) is 12.1 Å². The molecule has 0 spiro atoms. The summed E-state index contributed by atoms with van der Waals surface area (Å²) in [5.74, 6) is -0.670. The Hall–Kier alpha value is -2.46. The third-order valence-electron chi connectivity index (χ3n) is 3.23. The van der Waals surface area contributed by atoms with Gasteiger partial charge >= 0.3 is 0 Å². The lowest BCUT2D eigenvalue weighted by atomic mass is 10.1. The van der Waals surface area contributed by atoms with Gasteiger partial charge in [0.05, 0.1) is 11.1 Å². The number of fused-ring (bicyclic) bond motifs is 1. The van der Waals surface area contributed by atoms with E-state index < -0.39 is 0 Å². The van der Waals surface area contributed by atoms with Gasteiger partial charge in [0.1, 0.15) is 5.82 Å². The third-order valence-corrected chi connectivity index (χ3v) is 3.46. The van der Waals surface area contributed by atoms with E-state index in [2.05, 4.69) is 10.3 Å². The fourth-order valence-corrected chi connectivity index (χ4v) is 2.48. The van der Waals surface area contributed by atoms with Gasteiger partial charge < -0.3 is 5.32 Å². The van der Waals surface area contributed by atoms with E-state index in [1.54, 1.807) is 43.3 Å². The molecule has 0 aliphatic carbocycles. The molecule has 0 fully saturated rings. The first-order chi connectivity index (χ1) is 10.5. The first-order valence-electron chi connectivity index (χ1n) is 6.67. The molecule has 0 saturated carbocycles. The van der Waals surface area contributed by atoms with E-state index in [0.29, 0.717) is 32.9 Å². The SMILES string of the molecule is Cc1cc(C(=O)Nc2cccc(Cl)c2)c2ccc(F)cc2n1. The summed E-state index contributed by atoms with van der Waals surface area (Å²) in [6.45, 7) is 1.76. The summed E-state index contributed by atoms with van der Waals surface area (Å²) < 4.78 is 13.3. The van der Waals surface area contributed by atoms with Crippen LogP contribution in [0.4, 0.5) is 10.1 Å². The lowest BCUT2D eigenvalue weighted by Crippen LogP contribution is -2.13. The van der Waals surface area contributed by atoms with Crippen molar-refractivity contribution in [2.45, 2.75) is 6.92 Å². The van der Waals surface area contributed by atoms with Gasteiger partial charge in [-0.25, -0.2) is 4.39 Å². The number of nitrogens with zero attached hydrogens (tertiary/aromatic N) is 1. The van der Waals surface area contributed by atoms with Gasteiger partial charge in [-0.15, -0.1) is 0 Å². The molecule has 1 aromatic heterocycles. The Balaban J connectivity index is 2.03. The number of hydrogen-bond acceptors (Lipinski definition) is 2. The number of benzene rings is 2. The number of carbonyl (C=O) groups is 1. The number of aromatic nitrogens is 1. The number of nitrogens with one attached hydrogen (secondary N) is 1. The molecule has 1 N–H and O–H groups in total. The average Bonchev–Trinajstić information content (AvgIpc) is 2.45. The Kier molecular flexibility index (Phi) is 3.77. The Morgan fingerprint density at radius 2 is 2.00 bits per heavy atom. The van der Waals surface area contributed by atoms with Crippen LogP contribution in [0.1, 0.15) is 16.1 Å². The fraction of sp³-hybridized carbons (Fsp3) is 0.0588. The summed E-state index contributed by atoms with van der Waals surface area (Å²) in [5, 5.41) is 3.93. The second-order valence-corrected chi connectivity index (χ2v) is 5.37. The number of pyridine rings is 1. The van der Waals surface area contributed by atoms with Crippen molar-refractivity contribution in [3.63, 3.8) is 0 Å². The lowest BCUT2D eigenvalue weighted by Gasteiger charge is -2.09. The Labute approximate surface area is 131 Å². The standard InChI is InChI=1S/C17H12ClFN2O/c1-10-7-15(14-6-5-12(19)9-16(14)20-10)17(22)21-13-4-2-3-11(18)8-13/h2-9H,1H3,(H,21,22). The number of amides is 1. The summed E-state index contributed by atoms with van der Waals surface area (Å²) in [4.78, 5) is 16.8. The quantitative estimate of drug-likeness (QED) is 0.751. The van der Waals surface area contributed by atoms with E-state index in [4.69, 9.17) is 11.6 Å². The predicted molar refractivity (Wildman–Crippen MR) is 85.8 cm³/mol. The largest absolute Gasteiger partial charge is 0.322 e. The zero-order chi connectivity index (χ0) is 15.7. The van der Waals surface area contributed by atoms with Crippen molar-refractivity contribution < 1.29 is 9.18 Å². The van der Waals surface area contributed by atoms with Crippen LogP contribution in [0.5, 0.6) is 0 Å². The van der Waals surface area contributed by atoms with Crippen LogP contribution in [0.2, 0.25) is 5.02 Å². The van der Waals surface area contributed by atoms with Crippen molar-refractivity contribution in [2.75, 3.05) is 5.32 Å². The second-order valence-electron chi connectivity index (χ2n) is 4.94. The average molecular weight is 315 g/mol. The Bertz CT molecular complexity index is 874. The third kappa shape index (κ3) is 2.92. The molecule has 3 aromatic rings. The summed E-state index contributed by atoms with van der Waals surface area (Å²) in [5.41, 5.74) is 2.15. The molecule has 3 nitrogen and oxygen atoms in total. The first kappa shape index (κ1) is 14.5. The van der Waals surface area contributed by atoms with Gasteiger partial charge in [0.25, 0.3) is 5.91 Å². The van der Waals surface area contributed by atoms with Gasteiger partial charge in [0, 0.05) is 27.9 Å². The molecule has 0 radical (unpaired) electrons. The van der Waals surface area contributed by atoms with Gasteiger partial charge in [-0.1, -0.05) is 17.7 Å². The Morgan fingerprint density at radius 3 is 2.77 bits per heavy atom. The summed E-state index contributed by atoms with van der Waals surface area (Å²) in [7, 11) is 0. The molecule has 22 heavy (non-hydrogen) atoms. The Morgan fingerprint density at radius 1 is 1.18 bits per heavy atom. The number of hydrogen-bond donors (Lipinski definition) is 1. The maximum absolute atomic E-state index is 13.3. The highest BCUT2D eigenvalue weighted by molar-refractivity contribution is 6.31. The minimum absolute atomic E-state index is 0.288. The van der Waals surface area contributed by atoms with E-state index in [1.807, 2.05) is 0 Å². The first-order valence-corrected chi connectivity index (χ1v) is 7.04. The molecule has 0 atom stereocenters. The zero-order valence-corrected chi connectivity index (χ0v) is 12.5. The van der Waals surface area contributed by atoms with Gasteiger partial charge in [-0.05, 0) is 43.3 Å². The summed E-state index contributed by atoms with van der Waals surface area (Å²) in [6, 6.07) is 12.8. The maximum atomic E-state index is 13.3. The molecule has 1 amide bonds. The van der Waals surface area contributed by atoms with Crippen LogP contribution >= 0.6 is 11.6 Å². The van der Waals surface area contributed by atoms with E-state index in [0.717, 1.165) is 0 Å². The van der Waals surface area contributed by atoms with Crippen molar-refractivity contribution in [3.05, 3.63) is 70.6 Å². The van der Waals surface area contributed by atoms with Crippen LogP contribution in [0.3, 0.4) is 0 Å². The zero-order valence-electron chi connectivity index (χ0n) is 11.7. The van der Waals surface area contributed by atoms with Crippen LogP contribution in [0, 0.1) is 12.7 Å². The molecular formula is C17H12ClFN2O. The number of halogens is 2. The van der Waals surface area contributed by atoms with Crippen molar-refractivity contribution in [1.29, 1.82) is 0 Å². The number of carbonyl (C=O) groups excluding carboxylic acids is 1. The monoisotopic (exact) mass is 314 g/mol. The summed E-state index contributed by atoms with van der Waals surface area (Å²) >= 11 is 5.91. The lowest BCUT2D eigenvalue weighted by molar-refractivity contribution is 0.102. The van der Waals surface area contributed by atoms with Crippen LogP contribution in [0.15, 0.2) is 48.5 Å². The predicted octanol–water partition coefficient (Wildman–Crippen LogP) is 4.59. The fourth-order valence-electron chi connectivity index (χ4n) is 2.29. The summed E-state index contributed by atoms with van der Waals surface area (Å²) in [6.07, 6.45) is 0. The minimum Gasteiger partial charge on any atom is -0.322 e. The van der Waals surface area contributed by atoms with Crippen molar-refractivity contribution in [3.8, 4) is 0 Å².